The van der Waals surface area contributed by atoms with Crippen LogP contribution in [0.25, 0.3) is 16.7 Å². The molecule has 7 heteroatoms. The smallest absolute Gasteiger partial charge is 0.141 e. The molecule has 6 nitrogen and oxygen atoms in total. The zero-order chi connectivity index (χ0) is 17.4. The number of nitrogens with zero attached hydrogens (tertiary/aromatic N) is 5. The molecule has 0 unspecified atom stereocenters. The largest absolute Gasteiger partial charge is 0.338 e. The van der Waals surface area contributed by atoms with E-state index in [4.69, 9.17) is 11.6 Å². The minimum absolute atomic E-state index is 0.647. The van der Waals surface area contributed by atoms with Crippen LogP contribution in [-0.2, 0) is 0 Å². The Labute approximate surface area is 149 Å². The van der Waals surface area contributed by atoms with Crippen LogP contribution in [-0.4, -0.2) is 24.5 Å². The zero-order valence-corrected chi connectivity index (χ0v) is 14.5. The van der Waals surface area contributed by atoms with Gasteiger partial charge in [-0.1, -0.05) is 11.6 Å². The van der Waals surface area contributed by atoms with E-state index in [0.717, 1.165) is 33.8 Å². The number of aryl methyl sites for hydroxylation is 1. The van der Waals surface area contributed by atoms with Crippen LogP contribution in [0, 0.1) is 13.8 Å². The van der Waals surface area contributed by atoms with Crippen LogP contribution in [0.4, 0.5) is 11.5 Å². The molecule has 0 spiro atoms. The van der Waals surface area contributed by atoms with Gasteiger partial charge in [0.2, 0.25) is 0 Å². The highest BCUT2D eigenvalue weighted by molar-refractivity contribution is 6.31. The summed E-state index contributed by atoms with van der Waals surface area (Å²) in [6.07, 6.45) is 5.07. The number of anilines is 2. The summed E-state index contributed by atoms with van der Waals surface area (Å²) in [6.45, 7) is 4.00. The number of hydrogen-bond acceptors (Lipinski definition) is 5. The maximum absolute atomic E-state index is 6.02. The van der Waals surface area contributed by atoms with Crippen molar-refractivity contribution in [3.05, 3.63) is 65.6 Å². The number of pyridine rings is 1. The highest BCUT2D eigenvalue weighted by atomic mass is 35.5. The molecule has 0 atom stereocenters. The molecule has 0 saturated heterocycles. The van der Waals surface area contributed by atoms with Crippen molar-refractivity contribution in [2.75, 3.05) is 5.32 Å². The number of aromatic nitrogens is 5. The van der Waals surface area contributed by atoms with Crippen molar-refractivity contribution < 1.29 is 0 Å². The lowest BCUT2D eigenvalue weighted by Crippen LogP contribution is -2.00. The monoisotopic (exact) mass is 350 g/mol. The van der Waals surface area contributed by atoms with Gasteiger partial charge in [-0.3, -0.25) is 4.57 Å². The highest BCUT2D eigenvalue weighted by Crippen LogP contribution is 2.25. The van der Waals surface area contributed by atoms with Crippen molar-refractivity contribution in [2.24, 2.45) is 0 Å². The molecule has 3 heterocycles. The Hall–Kier alpha value is -2.99. The maximum Gasteiger partial charge on any atom is 0.141 e. The fourth-order valence-corrected chi connectivity index (χ4v) is 2.77. The van der Waals surface area contributed by atoms with E-state index < -0.39 is 0 Å². The van der Waals surface area contributed by atoms with Gasteiger partial charge in [0.1, 0.15) is 24.3 Å². The average molecular weight is 351 g/mol. The van der Waals surface area contributed by atoms with Crippen molar-refractivity contribution in [3.8, 4) is 5.82 Å². The lowest BCUT2D eigenvalue weighted by molar-refractivity contribution is 0.951. The van der Waals surface area contributed by atoms with E-state index in [1.807, 2.05) is 48.7 Å². The van der Waals surface area contributed by atoms with Gasteiger partial charge in [-0.2, -0.15) is 0 Å². The molecular formula is C18H15ClN6. The van der Waals surface area contributed by atoms with Gasteiger partial charge in [0.15, 0.2) is 0 Å². The van der Waals surface area contributed by atoms with Gasteiger partial charge >= 0.3 is 0 Å². The van der Waals surface area contributed by atoms with Crippen LogP contribution in [0.3, 0.4) is 0 Å². The van der Waals surface area contributed by atoms with E-state index in [1.165, 1.54) is 6.33 Å². The zero-order valence-electron chi connectivity index (χ0n) is 13.7. The van der Waals surface area contributed by atoms with Crippen LogP contribution >= 0.6 is 11.6 Å². The molecule has 0 radical (unpaired) electrons. The Kier molecular flexibility index (Phi) is 3.82. The van der Waals surface area contributed by atoms with Gasteiger partial charge in [0.05, 0.1) is 23.1 Å². The SMILES string of the molecule is Cc1ncn(-c2ccc(Nc3ncnc4cc(Cl)ccc34)cn2)c1C. The average Bonchev–Trinajstić information content (AvgIpc) is 2.95. The molecule has 0 saturated carbocycles. The Balaban J connectivity index is 1.65. The van der Waals surface area contributed by atoms with Crippen LogP contribution in [0.5, 0.6) is 0 Å². The summed E-state index contributed by atoms with van der Waals surface area (Å²) < 4.78 is 1.96. The second-order valence-corrected chi connectivity index (χ2v) is 6.14. The fourth-order valence-electron chi connectivity index (χ4n) is 2.60. The lowest BCUT2D eigenvalue weighted by Gasteiger charge is -2.09. The van der Waals surface area contributed by atoms with Crippen molar-refractivity contribution >= 4 is 34.0 Å². The summed E-state index contributed by atoms with van der Waals surface area (Å²) in [5.74, 6) is 1.54. The number of halogens is 1. The standard InChI is InChI=1S/C18H15ClN6/c1-11-12(2)25(10-23-11)17-6-4-14(8-20-17)24-18-15-5-3-13(19)7-16(15)21-9-22-18/h3-10H,1-2H3,(H,21,22,24). The Morgan fingerprint density at radius 1 is 1.00 bits per heavy atom. The number of imidazole rings is 1. The molecular weight excluding hydrogens is 336 g/mol. The third-order valence-electron chi connectivity index (χ3n) is 4.11. The van der Waals surface area contributed by atoms with Crippen LogP contribution in [0.1, 0.15) is 11.4 Å². The third-order valence-corrected chi connectivity index (χ3v) is 4.34. The normalized spacial score (nSPS) is 11.0. The molecule has 25 heavy (non-hydrogen) atoms. The van der Waals surface area contributed by atoms with E-state index in [0.29, 0.717) is 10.8 Å². The van der Waals surface area contributed by atoms with Crippen molar-refractivity contribution in [2.45, 2.75) is 13.8 Å². The van der Waals surface area contributed by atoms with Gasteiger partial charge in [-0.25, -0.2) is 19.9 Å². The number of fused-ring (bicyclic) bond motifs is 1. The number of nitrogens with one attached hydrogen (secondary N) is 1. The molecule has 0 aliphatic heterocycles. The molecule has 0 aliphatic rings. The first-order chi connectivity index (χ1) is 12.1. The van der Waals surface area contributed by atoms with Crippen LogP contribution in [0.2, 0.25) is 5.02 Å². The van der Waals surface area contributed by atoms with Gasteiger partial charge in [-0.05, 0) is 44.2 Å². The Bertz CT molecular complexity index is 1060. The minimum atomic E-state index is 0.647. The molecule has 0 aliphatic carbocycles. The van der Waals surface area contributed by atoms with Crippen LogP contribution in [0.15, 0.2) is 49.2 Å². The Morgan fingerprint density at radius 3 is 2.60 bits per heavy atom. The molecule has 4 rings (SSSR count). The topological polar surface area (TPSA) is 68.5 Å². The predicted octanol–water partition coefficient (Wildman–Crippen LogP) is 4.22. The number of hydrogen-bond donors (Lipinski definition) is 1. The molecule has 124 valence electrons. The first kappa shape index (κ1) is 15.5. The number of benzene rings is 1. The van der Waals surface area contributed by atoms with E-state index >= 15 is 0 Å². The number of rotatable bonds is 3. The van der Waals surface area contributed by atoms with Gasteiger partial charge in [-0.15, -0.1) is 0 Å². The predicted molar refractivity (Wildman–Crippen MR) is 98.7 cm³/mol. The van der Waals surface area contributed by atoms with Crippen LogP contribution < -0.4 is 5.32 Å². The van der Waals surface area contributed by atoms with Crippen molar-refractivity contribution in [1.82, 2.24) is 24.5 Å². The molecule has 4 aromatic rings. The van der Waals surface area contributed by atoms with E-state index in [2.05, 4.69) is 25.3 Å². The van der Waals surface area contributed by atoms with Gasteiger partial charge in [0.25, 0.3) is 0 Å². The molecule has 3 aromatic heterocycles. The van der Waals surface area contributed by atoms with E-state index in [1.54, 1.807) is 12.5 Å². The first-order valence-electron chi connectivity index (χ1n) is 7.76. The molecule has 0 bridgehead atoms. The summed E-state index contributed by atoms with van der Waals surface area (Å²) in [5.41, 5.74) is 3.70. The van der Waals surface area contributed by atoms with Crippen molar-refractivity contribution in [1.29, 1.82) is 0 Å². The fraction of sp³-hybridized carbons (Fsp3) is 0.111. The van der Waals surface area contributed by atoms with Gasteiger partial charge in [0, 0.05) is 16.1 Å². The lowest BCUT2D eigenvalue weighted by atomic mass is 10.2. The minimum Gasteiger partial charge on any atom is -0.338 e. The molecule has 1 N–H and O–H groups in total. The second-order valence-electron chi connectivity index (χ2n) is 5.70. The third kappa shape index (κ3) is 2.92. The summed E-state index contributed by atoms with van der Waals surface area (Å²) in [5, 5.41) is 4.83. The maximum atomic E-state index is 6.02. The van der Waals surface area contributed by atoms with E-state index in [9.17, 15) is 0 Å². The second kappa shape index (κ2) is 6.14. The summed E-state index contributed by atoms with van der Waals surface area (Å²) >= 11 is 6.02. The quantitative estimate of drug-likeness (QED) is 0.599. The highest BCUT2D eigenvalue weighted by Gasteiger charge is 2.07. The molecule has 0 amide bonds. The molecule has 0 fully saturated rings. The Morgan fingerprint density at radius 2 is 1.88 bits per heavy atom. The van der Waals surface area contributed by atoms with Gasteiger partial charge < -0.3 is 5.32 Å². The summed E-state index contributed by atoms with van der Waals surface area (Å²) in [6, 6.07) is 9.44. The first-order valence-corrected chi connectivity index (χ1v) is 8.14. The van der Waals surface area contributed by atoms with E-state index in [-0.39, 0.29) is 0 Å². The summed E-state index contributed by atoms with van der Waals surface area (Å²) in [7, 11) is 0. The summed E-state index contributed by atoms with van der Waals surface area (Å²) in [4.78, 5) is 17.4. The molecule has 1 aromatic carbocycles. The van der Waals surface area contributed by atoms with Crippen molar-refractivity contribution in [3.63, 3.8) is 0 Å².